The molecule has 124 valence electrons. The van der Waals surface area contributed by atoms with E-state index in [9.17, 15) is 4.57 Å². The predicted molar refractivity (Wildman–Crippen MR) is 106 cm³/mol. The second-order valence-corrected chi connectivity index (χ2v) is 18.5. The summed E-state index contributed by atoms with van der Waals surface area (Å²) in [5.74, 6) is 0. The van der Waals surface area contributed by atoms with E-state index in [4.69, 9.17) is 8.43 Å². The zero-order valence-corrected chi connectivity index (χ0v) is 18.3. The summed E-state index contributed by atoms with van der Waals surface area (Å²) in [6.45, 7) is 8.10. The monoisotopic (exact) mass is 428 g/mol. The van der Waals surface area contributed by atoms with Gasteiger partial charge in [0.25, 0.3) is 0 Å². The molecule has 2 rings (SSSR count). The van der Waals surface area contributed by atoms with Gasteiger partial charge in [0, 0.05) is 15.5 Å². The van der Waals surface area contributed by atoms with Crippen LogP contribution in [-0.2, 0) is 13.0 Å². The van der Waals surface area contributed by atoms with Crippen molar-refractivity contribution in [2.24, 2.45) is 0 Å². The van der Waals surface area contributed by atoms with Crippen LogP contribution < -0.4 is 10.4 Å². The molecule has 0 aliphatic heterocycles. The van der Waals surface area contributed by atoms with Gasteiger partial charge in [-0.15, -0.1) is 0 Å². The maximum Gasteiger partial charge on any atom is 0.377 e. The lowest BCUT2D eigenvalue weighted by atomic mass is 10.4. The molecule has 0 spiro atoms. The number of rotatable bonds is 6. The Morgan fingerprint density at radius 2 is 1.04 bits per heavy atom. The molecule has 0 N–H and O–H groups in total. The maximum atomic E-state index is 12.9. The van der Waals surface area contributed by atoms with Gasteiger partial charge in [-0.25, -0.2) is 4.57 Å². The quantitative estimate of drug-likeness (QED) is 0.491. The van der Waals surface area contributed by atoms with Crippen molar-refractivity contribution < 1.29 is 13.0 Å². The molecule has 0 radical (unpaired) electrons. The minimum Gasteiger partial charge on any atom is -0.339 e. The van der Waals surface area contributed by atoms with E-state index in [0.29, 0.717) is 0 Å². The highest BCUT2D eigenvalue weighted by atomic mass is 79.9. The van der Waals surface area contributed by atoms with Crippen LogP contribution in [0.5, 0.6) is 0 Å². The van der Waals surface area contributed by atoms with E-state index in [-0.39, 0.29) is 0 Å². The predicted octanol–water partition coefficient (Wildman–Crippen LogP) is 4.75. The van der Waals surface area contributed by atoms with Crippen LogP contribution in [0.25, 0.3) is 0 Å². The van der Waals surface area contributed by atoms with Gasteiger partial charge in [-0.3, -0.25) is 0 Å². The van der Waals surface area contributed by atoms with E-state index in [0.717, 1.165) is 10.4 Å². The lowest BCUT2D eigenvalue weighted by Gasteiger charge is -2.31. The molecule has 0 atom stereocenters. The third-order valence-electron chi connectivity index (χ3n) is 3.61. The number of hydrogen-bond donors (Lipinski definition) is 0. The lowest BCUT2D eigenvalue weighted by Crippen LogP contribution is -2.46. The third kappa shape index (κ3) is 5.24. The number of hydrogen-bond acceptors (Lipinski definition) is 3. The Labute approximate surface area is 148 Å². The molecule has 0 fully saturated rings. The van der Waals surface area contributed by atoms with E-state index in [1.807, 2.05) is 86.9 Å². The Morgan fingerprint density at radius 3 is 1.35 bits per heavy atom. The molecule has 0 bridgehead atoms. The van der Waals surface area contributed by atoms with Gasteiger partial charge in [-0.2, -0.15) is 0 Å². The van der Waals surface area contributed by atoms with Crippen molar-refractivity contribution in [1.29, 1.82) is 0 Å². The molecule has 0 aromatic heterocycles. The standard InChI is InChI=1S/C16H22BrO3PSi2/c1-22(2,15-11-7-5-8-12-15)19-21(17,18)20-23(3,4)16-13-9-6-10-14-16/h5-14H,1-4H3. The smallest absolute Gasteiger partial charge is 0.339 e. The van der Waals surface area contributed by atoms with Crippen molar-refractivity contribution in [2.75, 3.05) is 0 Å². The normalized spacial score (nSPS) is 13.1. The molecule has 0 heterocycles. The summed E-state index contributed by atoms with van der Waals surface area (Å²) in [4.78, 5) is 0. The van der Waals surface area contributed by atoms with Crippen LogP contribution >= 0.6 is 21.8 Å². The van der Waals surface area contributed by atoms with Crippen molar-refractivity contribution in [3.8, 4) is 0 Å². The van der Waals surface area contributed by atoms with Crippen LogP contribution in [0.4, 0.5) is 0 Å². The van der Waals surface area contributed by atoms with Gasteiger partial charge in [0.1, 0.15) is 0 Å². The topological polar surface area (TPSA) is 35.5 Å². The molecule has 0 aliphatic carbocycles. The van der Waals surface area contributed by atoms with Gasteiger partial charge in [0.05, 0.1) is 0 Å². The molecule has 0 saturated heterocycles. The molecule has 0 saturated carbocycles. The van der Waals surface area contributed by atoms with Crippen LogP contribution in [0.3, 0.4) is 0 Å². The number of halogens is 1. The van der Waals surface area contributed by atoms with E-state index in [1.165, 1.54) is 0 Å². The first-order valence-electron chi connectivity index (χ1n) is 7.45. The van der Waals surface area contributed by atoms with Crippen molar-refractivity contribution in [1.82, 2.24) is 0 Å². The van der Waals surface area contributed by atoms with E-state index in [2.05, 4.69) is 15.5 Å². The molecule has 3 nitrogen and oxygen atoms in total. The Morgan fingerprint density at radius 1 is 0.739 bits per heavy atom. The summed E-state index contributed by atoms with van der Waals surface area (Å²) in [5.41, 5.74) is 0. The zero-order chi connectivity index (χ0) is 17.1. The van der Waals surface area contributed by atoms with Gasteiger partial charge in [0.15, 0.2) is 0 Å². The van der Waals surface area contributed by atoms with Crippen LogP contribution in [0, 0.1) is 0 Å². The van der Waals surface area contributed by atoms with Crippen molar-refractivity contribution in [2.45, 2.75) is 26.2 Å². The highest BCUT2D eigenvalue weighted by molar-refractivity contribution is 9.39. The molecule has 7 heteroatoms. The second-order valence-electron chi connectivity index (χ2n) is 6.37. The Hall–Kier alpha value is -0.496. The van der Waals surface area contributed by atoms with Crippen molar-refractivity contribution in [3.63, 3.8) is 0 Å². The fraction of sp³-hybridized carbons (Fsp3) is 0.250. The fourth-order valence-corrected chi connectivity index (χ4v) is 16.5. The highest BCUT2D eigenvalue weighted by Crippen LogP contribution is 2.59. The van der Waals surface area contributed by atoms with Crippen molar-refractivity contribution >= 4 is 48.8 Å². The molecular weight excluding hydrogens is 407 g/mol. The molecule has 0 unspecified atom stereocenters. The van der Waals surface area contributed by atoms with E-state index >= 15 is 0 Å². The minimum absolute atomic E-state index is 1.09. The molecule has 2 aromatic carbocycles. The summed E-state index contributed by atoms with van der Waals surface area (Å²) in [6, 6.07) is 19.8. The SMILES string of the molecule is C[Si](C)(OP(=O)(Br)O[Si](C)(C)c1ccccc1)c1ccccc1. The summed E-state index contributed by atoms with van der Waals surface area (Å²) < 4.78 is 24.9. The second kappa shape index (κ2) is 7.17. The van der Waals surface area contributed by atoms with Gasteiger partial charge in [-0.05, 0) is 36.6 Å². The van der Waals surface area contributed by atoms with Crippen LogP contribution in [0.2, 0.25) is 26.2 Å². The van der Waals surface area contributed by atoms with Crippen LogP contribution in [-0.4, -0.2) is 16.6 Å². The summed E-state index contributed by atoms with van der Waals surface area (Å²) in [6.07, 6.45) is -3.33. The van der Waals surface area contributed by atoms with Crippen LogP contribution in [0.1, 0.15) is 0 Å². The van der Waals surface area contributed by atoms with Gasteiger partial charge in [-0.1, -0.05) is 60.7 Å². The maximum absolute atomic E-state index is 12.9. The molecule has 2 aromatic rings. The molecule has 0 aliphatic rings. The first kappa shape index (κ1) is 18.8. The highest BCUT2D eigenvalue weighted by Gasteiger charge is 2.40. The van der Waals surface area contributed by atoms with E-state index < -0.39 is 22.9 Å². The summed E-state index contributed by atoms with van der Waals surface area (Å²) in [7, 11) is -4.66. The van der Waals surface area contributed by atoms with Gasteiger partial charge in [0.2, 0.25) is 16.6 Å². The average molecular weight is 429 g/mol. The largest absolute Gasteiger partial charge is 0.377 e. The minimum atomic E-state index is -3.33. The third-order valence-corrected chi connectivity index (χ3v) is 15.1. The van der Waals surface area contributed by atoms with Crippen molar-refractivity contribution in [3.05, 3.63) is 60.7 Å². The molecule has 0 amide bonds. The van der Waals surface area contributed by atoms with E-state index in [1.54, 1.807) is 0 Å². The summed E-state index contributed by atoms with van der Waals surface area (Å²) in [5, 5.41) is 2.17. The molecule has 23 heavy (non-hydrogen) atoms. The Balaban J connectivity index is 2.17. The average Bonchev–Trinajstić information content (AvgIpc) is 2.47. The first-order chi connectivity index (χ1) is 10.6. The summed E-state index contributed by atoms with van der Waals surface area (Å²) >= 11 is 3.23. The Bertz CT molecular complexity index is 635. The molecular formula is C16H22BrO3PSi2. The first-order valence-corrected chi connectivity index (χ1v) is 16.8. The Kier molecular flexibility index (Phi) is 5.87. The lowest BCUT2D eigenvalue weighted by molar-refractivity contribution is 0.411. The van der Waals surface area contributed by atoms with Crippen LogP contribution in [0.15, 0.2) is 60.7 Å². The van der Waals surface area contributed by atoms with Gasteiger partial charge < -0.3 is 8.43 Å². The fourth-order valence-electron chi connectivity index (χ4n) is 2.35. The van der Waals surface area contributed by atoms with Gasteiger partial charge >= 0.3 is 6.30 Å². The zero-order valence-electron chi connectivity index (χ0n) is 13.8. The number of benzene rings is 2.